The third-order valence-electron chi connectivity index (χ3n) is 3.75. The third kappa shape index (κ3) is 3.67. The van der Waals surface area contributed by atoms with Crippen molar-refractivity contribution in [2.45, 2.75) is 32.3 Å². The number of nitrogens with zero attached hydrogens (tertiary/aromatic N) is 2. The maximum atomic E-state index is 12.1. The molecule has 0 aromatic carbocycles. The molecule has 1 fully saturated rings. The summed E-state index contributed by atoms with van der Waals surface area (Å²) in [6.07, 6.45) is 3.36. The van der Waals surface area contributed by atoms with Crippen LogP contribution in [-0.4, -0.2) is 40.1 Å². The van der Waals surface area contributed by atoms with Crippen molar-refractivity contribution in [1.29, 1.82) is 0 Å². The number of anilines is 1. The van der Waals surface area contributed by atoms with E-state index in [9.17, 15) is 9.90 Å². The molecule has 1 aromatic heterocycles. The zero-order valence-electron chi connectivity index (χ0n) is 11.2. The van der Waals surface area contributed by atoms with Gasteiger partial charge in [-0.15, -0.1) is 0 Å². The second-order valence-corrected chi connectivity index (χ2v) is 5.22. The second kappa shape index (κ2) is 6.02. The van der Waals surface area contributed by atoms with Crippen molar-refractivity contribution in [2.75, 3.05) is 18.8 Å². The van der Waals surface area contributed by atoms with Crippen LogP contribution in [0.3, 0.4) is 0 Å². The summed E-state index contributed by atoms with van der Waals surface area (Å²) in [7, 11) is 0. The van der Waals surface area contributed by atoms with Crippen molar-refractivity contribution in [2.24, 2.45) is 5.92 Å². The van der Waals surface area contributed by atoms with Gasteiger partial charge in [-0.25, -0.2) is 0 Å². The predicted octanol–water partition coefficient (Wildman–Crippen LogP) is 0.826. The molecule has 1 aliphatic heterocycles. The lowest BCUT2D eigenvalue weighted by Crippen LogP contribution is -2.41. The molecule has 1 unspecified atom stereocenters. The normalized spacial score (nSPS) is 18.3. The first-order valence-corrected chi connectivity index (χ1v) is 6.72. The standard InChI is InChI=1S/C14H21N3O2/c1-10(18)11-4-6-17(7-5-11)14(19)8-13-3-2-12(15)9-16-13/h2-3,9-11,18H,4-8,15H2,1H3. The van der Waals surface area contributed by atoms with Crippen LogP contribution in [0.25, 0.3) is 0 Å². The summed E-state index contributed by atoms with van der Waals surface area (Å²) >= 11 is 0. The van der Waals surface area contributed by atoms with Gasteiger partial charge in [-0.05, 0) is 37.8 Å². The SMILES string of the molecule is CC(O)C1CCN(C(=O)Cc2ccc(N)cn2)CC1. The van der Waals surface area contributed by atoms with Crippen LogP contribution < -0.4 is 5.73 Å². The quantitative estimate of drug-likeness (QED) is 0.846. The van der Waals surface area contributed by atoms with Gasteiger partial charge in [-0.1, -0.05) is 0 Å². The molecule has 2 heterocycles. The average molecular weight is 263 g/mol. The molecule has 5 nitrogen and oxygen atoms in total. The van der Waals surface area contributed by atoms with Crippen LogP contribution in [-0.2, 0) is 11.2 Å². The Bertz CT molecular complexity index is 423. The highest BCUT2D eigenvalue weighted by Gasteiger charge is 2.25. The Labute approximate surface area is 113 Å². The van der Waals surface area contributed by atoms with E-state index in [-0.39, 0.29) is 12.0 Å². The molecule has 19 heavy (non-hydrogen) atoms. The van der Waals surface area contributed by atoms with Crippen molar-refractivity contribution >= 4 is 11.6 Å². The number of rotatable bonds is 3. The molecule has 104 valence electrons. The van der Waals surface area contributed by atoms with Crippen LogP contribution >= 0.6 is 0 Å². The van der Waals surface area contributed by atoms with Crippen molar-refractivity contribution in [3.63, 3.8) is 0 Å². The number of hydrogen-bond donors (Lipinski definition) is 2. The highest BCUT2D eigenvalue weighted by Crippen LogP contribution is 2.21. The fourth-order valence-electron chi connectivity index (χ4n) is 2.44. The molecule has 0 bridgehead atoms. The fraction of sp³-hybridized carbons (Fsp3) is 0.571. The number of aliphatic hydroxyl groups excluding tert-OH is 1. The van der Waals surface area contributed by atoms with Gasteiger partial charge >= 0.3 is 0 Å². The Morgan fingerprint density at radius 3 is 2.74 bits per heavy atom. The highest BCUT2D eigenvalue weighted by atomic mass is 16.3. The number of nitrogens with two attached hydrogens (primary N) is 1. The first-order valence-electron chi connectivity index (χ1n) is 6.72. The maximum absolute atomic E-state index is 12.1. The van der Waals surface area contributed by atoms with Gasteiger partial charge < -0.3 is 15.7 Å². The number of pyridine rings is 1. The van der Waals surface area contributed by atoms with Gasteiger partial charge in [0.1, 0.15) is 0 Å². The van der Waals surface area contributed by atoms with Crippen LogP contribution in [0, 0.1) is 5.92 Å². The van der Waals surface area contributed by atoms with E-state index in [1.165, 1.54) is 0 Å². The molecule has 2 rings (SSSR count). The molecule has 0 saturated carbocycles. The third-order valence-corrected chi connectivity index (χ3v) is 3.75. The minimum atomic E-state index is -0.281. The van der Waals surface area contributed by atoms with Gasteiger partial charge in [0, 0.05) is 18.8 Å². The van der Waals surface area contributed by atoms with Crippen LogP contribution in [0.2, 0.25) is 0 Å². The first-order chi connectivity index (χ1) is 9.06. The summed E-state index contributed by atoms with van der Waals surface area (Å²) in [6, 6.07) is 3.55. The minimum absolute atomic E-state index is 0.0984. The molecular formula is C14H21N3O2. The number of nitrogen functional groups attached to an aromatic ring is 1. The molecule has 1 amide bonds. The number of hydrogen-bond acceptors (Lipinski definition) is 4. The number of aliphatic hydroxyl groups is 1. The molecule has 3 N–H and O–H groups in total. The number of piperidine rings is 1. The molecule has 0 spiro atoms. The molecule has 5 heteroatoms. The predicted molar refractivity (Wildman–Crippen MR) is 73.3 cm³/mol. The molecule has 1 aromatic rings. The van der Waals surface area contributed by atoms with Crippen LogP contribution in [0.4, 0.5) is 5.69 Å². The van der Waals surface area contributed by atoms with E-state index in [1.54, 1.807) is 18.3 Å². The monoisotopic (exact) mass is 263 g/mol. The summed E-state index contributed by atoms with van der Waals surface area (Å²) in [4.78, 5) is 18.1. The molecule has 0 radical (unpaired) electrons. The van der Waals surface area contributed by atoms with E-state index >= 15 is 0 Å². The van der Waals surface area contributed by atoms with Gasteiger partial charge in [0.25, 0.3) is 0 Å². The molecule has 1 atom stereocenters. The topological polar surface area (TPSA) is 79.5 Å². The number of carbonyl (C=O) groups excluding carboxylic acids is 1. The van der Waals surface area contributed by atoms with Crippen LogP contribution in [0.1, 0.15) is 25.5 Å². The van der Waals surface area contributed by atoms with Crippen LogP contribution in [0.15, 0.2) is 18.3 Å². The van der Waals surface area contributed by atoms with Crippen molar-refractivity contribution in [3.05, 3.63) is 24.0 Å². The number of aromatic nitrogens is 1. The van der Waals surface area contributed by atoms with E-state index in [0.717, 1.165) is 31.6 Å². The van der Waals surface area contributed by atoms with E-state index < -0.39 is 0 Å². The summed E-state index contributed by atoms with van der Waals surface area (Å²) in [5.74, 6) is 0.417. The zero-order valence-corrected chi connectivity index (χ0v) is 11.2. The minimum Gasteiger partial charge on any atom is -0.397 e. The highest BCUT2D eigenvalue weighted by molar-refractivity contribution is 5.78. The van der Waals surface area contributed by atoms with Gasteiger partial charge in [-0.3, -0.25) is 9.78 Å². The van der Waals surface area contributed by atoms with E-state index in [2.05, 4.69) is 4.98 Å². The van der Waals surface area contributed by atoms with Crippen molar-refractivity contribution in [1.82, 2.24) is 9.88 Å². The Morgan fingerprint density at radius 2 is 2.21 bits per heavy atom. The van der Waals surface area contributed by atoms with Gasteiger partial charge in [0.2, 0.25) is 5.91 Å². The second-order valence-electron chi connectivity index (χ2n) is 5.22. The average Bonchev–Trinajstić information content (AvgIpc) is 2.41. The van der Waals surface area contributed by atoms with Crippen molar-refractivity contribution in [3.8, 4) is 0 Å². The lowest BCUT2D eigenvalue weighted by atomic mass is 9.92. The van der Waals surface area contributed by atoms with Gasteiger partial charge in [0.15, 0.2) is 0 Å². The number of carbonyl (C=O) groups is 1. The van der Waals surface area contributed by atoms with E-state index in [0.29, 0.717) is 18.0 Å². The van der Waals surface area contributed by atoms with Gasteiger partial charge in [0.05, 0.1) is 24.4 Å². The maximum Gasteiger partial charge on any atom is 0.228 e. The molecular weight excluding hydrogens is 242 g/mol. The van der Waals surface area contributed by atoms with Crippen LogP contribution in [0.5, 0.6) is 0 Å². The summed E-state index contributed by atoms with van der Waals surface area (Å²) in [6.45, 7) is 3.27. The summed E-state index contributed by atoms with van der Waals surface area (Å²) in [5, 5.41) is 9.54. The van der Waals surface area contributed by atoms with Crippen molar-refractivity contribution < 1.29 is 9.90 Å². The molecule has 1 aliphatic rings. The Morgan fingerprint density at radius 1 is 1.53 bits per heavy atom. The first kappa shape index (κ1) is 13.8. The fourth-order valence-corrected chi connectivity index (χ4v) is 2.44. The Hall–Kier alpha value is -1.62. The van der Waals surface area contributed by atoms with Gasteiger partial charge in [-0.2, -0.15) is 0 Å². The van der Waals surface area contributed by atoms with E-state index in [4.69, 9.17) is 5.73 Å². The number of amides is 1. The molecule has 1 saturated heterocycles. The Kier molecular flexibility index (Phi) is 4.37. The van der Waals surface area contributed by atoms with E-state index in [1.807, 2.05) is 11.8 Å². The zero-order chi connectivity index (χ0) is 13.8. The largest absolute Gasteiger partial charge is 0.397 e. The number of likely N-dealkylation sites (tertiary alicyclic amines) is 1. The lowest BCUT2D eigenvalue weighted by molar-refractivity contribution is -0.132. The smallest absolute Gasteiger partial charge is 0.228 e. The summed E-state index contributed by atoms with van der Waals surface area (Å²) < 4.78 is 0. The Balaban J connectivity index is 1.86. The lowest BCUT2D eigenvalue weighted by Gasteiger charge is -2.33. The molecule has 0 aliphatic carbocycles. The summed E-state index contributed by atoms with van der Waals surface area (Å²) in [5.41, 5.74) is 6.91.